The van der Waals surface area contributed by atoms with E-state index in [1.807, 2.05) is 4.90 Å². The molecule has 7 heteroatoms. The van der Waals surface area contributed by atoms with Gasteiger partial charge in [0.05, 0.1) is 5.39 Å². The Morgan fingerprint density at radius 2 is 2.19 bits per heavy atom. The van der Waals surface area contributed by atoms with Crippen molar-refractivity contribution in [3.63, 3.8) is 0 Å². The van der Waals surface area contributed by atoms with Crippen LogP contribution < -0.4 is 5.32 Å². The average molecular weight is 369 g/mol. The molecule has 2 aromatic rings. The lowest BCUT2D eigenvalue weighted by molar-refractivity contribution is -0.127. The summed E-state index contributed by atoms with van der Waals surface area (Å²) in [7, 11) is 0. The normalized spacial score (nSPS) is 24.1. The topological polar surface area (TPSA) is 83.1 Å². The molecule has 4 rings (SSSR count). The highest BCUT2D eigenvalue weighted by Crippen LogP contribution is 2.35. The third kappa shape index (κ3) is 3.56. The minimum absolute atomic E-state index is 0.00827. The fourth-order valence-corrected chi connectivity index (χ4v) is 4.19. The molecular weight excluding hydrogens is 342 g/mol. The molecule has 0 unspecified atom stereocenters. The van der Waals surface area contributed by atoms with E-state index in [1.54, 1.807) is 6.33 Å². The van der Waals surface area contributed by atoms with Gasteiger partial charge in [0.2, 0.25) is 5.91 Å². The third-order valence-corrected chi connectivity index (χ3v) is 5.93. The second-order valence-electron chi connectivity index (χ2n) is 7.58. The summed E-state index contributed by atoms with van der Waals surface area (Å²) in [5.41, 5.74) is 2.12. The molecule has 0 aromatic carbocycles. The number of aromatic nitrogens is 3. The second kappa shape index (κ2) is 7.68. The SMILES string of the molecule is C=CC(=O)N1CC[C@H](C)[C@@H](Nc2ncnc3[nH]cc(C4CCOCC4)c23)C1. The fraction of sp³-hybridized carbons (Fsp3) is 0.550. The van der Waals surface area contributed by atoms with E-state index in [2.05, 4.69) is 40.0 Å². The molecule has 0 radical (unpaired) electrons. The van der Waals surface area contributed by atoms with Crippen molar-refractivity contribution < 1.29 is 9.53 Å². The Kier molecular flexibility index (Phi) is 5.11. The quantitative estimate of drug-likeness (QED) is 0.810. The molecule has 1 amide bonds. The maximum absolute atomic E-state index is 12.0. The number of carbonyl (C=O) groups excluding carboxylic acids is 1. The Balaban J connectivity index is 1.62. The van der Waals surface area contributed by atoms with Crippen molar-refractivity contribution in [3.8, 4) is 0 Å². The van der Waals surface area contributed by atoms with E-state index in [4.69, 9.17) is 4.74 Å². The number of carbonyl (C=O) groups is 1. The summed E-state index contributed by atoms with van der Waals surface area (Å²) < 4.78 is 5.52. The highest BCUT2D eigenvalue weighted by Gasteiger charge is 2.29. The molecule has 7 nitrogen and oxygen atoms in total. The molecule has 2 N–H and O–H groups in total. The van der Waals surface area contributed by atoms with Crippen LogP contribution in [-0.4, -0.2) is 58.1 Å². The number of hydrogen-bond acceptors (Lipinski definition) is 5. The average Bonchev–Trinajstić information content (AvgIpc) is 3.15. The van der Waals surface area contributed by atoms with E-state index in [-0.39, 0.29) is 11.9 Å². The number of ether oxygens (including phenoxy) is 1. The van der Waals surface area contributed by atoms with E-state index in [0.717, 1.165) is 55.9 Å². The van der Waals surface area contributed by atoms with Crippen molar-refractivity contribution >= 4 is 22.8 Å². The van der Waals surface area contributed by atoms with Gasteiger partial charge in [-0.2, -0.15) is 0 Å². The minimum atomic E-state index is -0.00827. The number of H-pyrrole nitrogens is 1. The van der Waals surface area contributed by atoms with Crippen molar-refractivity contribution in [2.45, 2.75) is 38.1 Å². The van der Waals surface area contributed by atoms with Crippen LogP contribution in [0.25, 0.3) is 11.0 Å². The zero-order chi connectivity index (χ0) is 18.8. The number of rotatable bonds is 4. The van der Waals surface area contributed by atoms with E-state index >= 15 is 0 Å². The molecule has 2 aromatic heterocycles. The van der Waals surface area contributed by atoms with Crippen molar-refractivity contribution in [1.82, 2.24) is 19.9 Å². The molecule has 144 valence electrons. The van der Waals surface area contributed by atoms with Crippen LogP contribution in [0.2, 0.25) is 0 Å². The highest BCUT2D eigenvalue weighted by molar-refractivity contribution is 5.91. The number of piperidine rings is 1. The van der Waals surface area contributed by atoms with Crippen LogP contribution in [0.5, 0.6) is 0 Å². The third-order valence-electron chi connectivity index (χ3n) is 5.93. The molecule has 0 spiro atoms. The van der Waals surface area contributed by atoms with Gasteiger partial charge in [0.1, 0.15) is 17.8 Å². The predicted octanol–water partition coefficient (Wildman–Crippen LogP) is 2.69. The van der Waals surface area contributed by atoms with Gasteiger partial charge >= 0.3 is 0 Å². The predicted molar refractivity (Wildman–Crippen MR) is 105 cm³/mol. The molecule has 27 heavy (non-hydrogen) atoms. The summed E-state index contributed by atoms with van der Waals surface area (Å²) in [4.78, 5) is 26.2. The van der Waals surface area contributed by atoms with Gasteiger partial charge < -0.3 is 19.9 Å². The summed E-state index contributed by atoms with van der Waals surface area (Å²) in [6, 6.07) is 0.151. The summed E-state index contributed by atoms with van der Waals surface area (Å²) >= 11 is 0. The Labute approximate surface area is 159 Å². The first-order chi connectivity index (χ1) is 13.2. The van der Waals surface area contributed by atoms with E-state index in [1.165, 1.54) is 11.6 Å². The summed E-state index contributed by atoms with van der Waals surface area (Å²) in [6.45, 7) is 8.87. The molecule has 4 heterocycles. The zero-order valence-electron chi connectivity index (χ0n) is 15.8. The van der Waals surface area contributed by atoms with E-state index in [0.29, 0.717) is 18.4 Å². The molecule has 0 bridgehead atoms. The van der Waals surface area contributed by atoms with Gasteiger partial charge in [-0.25, -0.2) is 9.97 Å². The molecular formula is C20H27N5O2. The number of fused-ring (bicyclic) bond motifs is 1. The molecule has 2 aliphatic heterocycles. The number of amides is 1. The first-order valence-corrected chi connectivity index (χ1v) is 9.75. The van der Waals surface area contributed by atoms with Crippen LogP contribution in [0.4, 0.5) is 5.82 Å². The Morgan fingerprint density at radius 1 is 1.37 bits per heavy atom. The lowest BCUT2D eigenvalue weighted by Crippen LogP contribution is -2.48. The van der Waals surface area contributed by atoms with Crippen molar-refractivity contribution in [2.75, 3.05) is 31.6 Å². The Morgan fingerprint density at radius 3 is 2.96 bits per heavy atom. The summed E-state index contributed by atoms with van der Waals surface area (Å²) in [5, 5.41) is 4.69. The van der Waals surface area contributed by atoms with Crippen LogP contribution >= 0.6 is 0 Å². The lowest BCUT2D eigenvalue weighted by Gasteiger charge is -2.37. The van der Waals surface area contributed by atoms with Gasteiger partial charge in [0.15, 0.2) is 0 Å². The largest absolute Gasteiger partial charge is 0.381 e. The van der Waals surface area contributed by atoms with Gasteiger partial charge in [-0.15, -0.1) is 0 Å². The smallest absolute Gasteiger partial charge is 0.246 e. The second-order valence-corrected chi connectivity index (χ2v) is 7.58. The Hall–Kier alpha value is -2.41. The maximum atomic E-state index is 12.0. The van der Waals surface area contributed by atoms with Crippen molar-refractivity contribution in [2.24, 2.45) is 5.92 Å². The standard InChI is InChI=1S/C20H27N5O2/c1-3-17(26)25-7-4-13(2)16(11-25)24-20-18-15(14-5-8-27-9-6-14)10-21-19(18)22-12-23-20/h3,10,12-14,16H,1,4-9,11H2,2H3,(H2,21,22,23,24)/t13-,16-/m0/s1. The first kappa shape index (κ1) is 18.0. The van der Waals surface area contributed by atoms with Crippen molar-refractivity contribution in [3.05, 3.63) is 30.7 Å². The van der Waals surface area contributed by atoms with Gasteiger partial charge in [-0.05, 0) is 42.7 Å². The van der Waals surface area contributed by atoms with Crippen LogP contribution in [0.1, 0.15) is 37.7 Å². The van der Waals surface area contributed by atoms with Crippen LogP contribution in [-0.2, 0) is 9.53 Å². The van der Waals surface area contributed by atoms with E-state index < -0.39 is 0 Å². The van der Waals surface area contributed by atoms with E-state index in [9.17, 15) is 4.79 Å². The minimum Gasteiger partial charge on any atom is -0.381 e. The van der Waals surface area contributed by atoms with Crippen LogP contribution in [0.3, 0.4) is 0 Å². The number of likely N-dealkylation sites (tertiary alicyclic amines) is 1. The van der Waals surface area contributed by atoms with Crippen LogP contribution in [0.15, 0.2) is 25.2 Å². The van der Waals surface area contributed by atoms with Gasteiger partial charge in [0, 0.05) is 38.5 Å². The summed E-state index contributed by atoms with van der Waals surface area (Å²) in [5.74, 6) is 1.76. The number of nitrogens with one attached hydrogen (secondary N) is 2. The number of hydrogen-bond donors (Lipinski definition) is 2. The van der Waals surface area contributed by atoms with Gasteiger partial charge in [0.25, 0.3) is 0 Å². The van der Waals surface area contributed by atoms with Crippen LogP contribution in [0, 0.1) is 5.92 Å². The monoisotopic (exact) mass is 369 g/mol. The maximum Gasteiger partial charge on any atom is 0.246 e. The molecule has 2 atom stereocenters. The molecule has 0 aliphatic carbocycles. The Bertz CT molecular complexity index is 827. The highest BCUT2D eigenvalue weighted by atomic mass is 16.5. The fourth-order valence-electron chi connectivity index (χ4n) is 4.19. The molecule has 0 saturated carbocycles. The number of aromatic amines is 1. The van der Waals surface area contributed by atoms with Crippen molar-refractivity contribution in [1.29, 1.82) is 0 Å². The number of anilines is 1. The summed E-state index contributed by atoms with van der Waals surface area (Å²) in [6.07, 6.45) is 8.05. The lowest BCUT2D eigenvalue weighted by atomic mass is 9.91. The zero-order valence-corrected chi connectivity index (χ0v) is 15.8. The van der Waals surface area contributed by atoms with Gasteiger partial charge in [-0.3, -0.25) is 4.79 Å². The molecule has 2 saturated heterocycles. The van der Waals surface area contributed by atoms with Gasteiger partial charge in [-0.1, -0.05) is 13.5 Å². The molecule has 2 aliphatic rings. The molecule has 2 fully saturated rings. The first-order valence-electron chi connectivity index (χ1n) is 9.75. The number of nitrogens with zero attached hydrogens (tertiary/aromatic N) is 3.